The van der Waals surface area contributed by atoms with Crippen LogP contribution in [0.25, 0.3) is 38.4 Å². The molecule has 0 aliphatic carbocycles. The minimum Gasteiger partial charge on any atom is -0.0622 e. The van der Waals surface area contributed by atoms with Gasteiger partial charge in [0.15, 0.2) is 4.98 Å². The summed E-state index contributed by atoms with van der Waals surface area (Å²) in [7, 11) is 0. The van der Waals surface area contributed by atoms with Gasteiger partial charge in [0, 0.05) is 0 Å². The maximum absolute atomic E-state index is 9.81. The molecule has 26 heavy (non-hydrogen) atoms. The van der Waals surface area contributed by atoms with Crippen LogP contribution in [0.5, 0.6) is 0 Å². The van der Waals surface area contributed by atoms with E-state index in [0.29, 0.717) is 5.69 Å². The fraction of sp³-hybridized carbons (Fsp3) is 0. The first kappa shape index (κ1) is 15.8. The molecule has 0 aliphatic heterocycles. The summed E-state index contributed by atoms with van der Waals surface area (Å²) >= 11 is 0. The van der Waals surface area contributed by atoms with Crippen LogP contribution in [0.2, 0.25) is 0 Å². The zero-order valence-electron chi connectivity index (χ0n) is 14.2. The zero-order chi connectivity index (χ0) is 17.8. The Morgan fingerprint density at radius 3 is 1.23 bits per heavy atom. The van der Waals surface area contributed by atoms with Crippen LogP contribution in [-0.4, -0.2) is 0 Å². The van der Waals surface area contributed by atoms with Gasteiger partial charge in [-0.05, 0) is 34.4 Å². The van der Waals surface area contributed by atoms with E-state index in [1.165, 1.54) is 0 Å². The molecule has 0 aliphatic rings. The molecule has 4 aromatic carbocycles. The van der Waals surface area contributed by atoms with Gasteiger partial charge in [-0.3, -0.25) is 0 Å². The molecular formula is C24H17N2+. The first-order valence-corrected chi connectivity index (χ1v) is 8.56. The molecule has 0 unspecified atom stereocenters. The lowest BCUT2D eigenvalue weighted by atomic mass is 9.91. The van der Waals surface area contributed by atoms with E-state index in [9.17, 15) is 5.39 Å². The summed E-state index contributed by atoms with van der Waals surface area (Å²) in [4.78, 5) is 3.66. The van der Waals surface area contributed by atoms with Crippen molar-refractivity contribution >= 4 is 5.69 Å². The summed E-state index contributed by atoms with van der Waals surface area (Å²) in [6, 6.07) is 34.5. The van der Waals surface area contributed by atoms with Crippen LogP contribution < -0.4 is 0 Å². The number of benzene rings is 4. The van der Waals surface area contributed by atoms with E-state index in [4.69, 9.17) is 0 Å². The van der Waals surface area contributed by atoms with Crippen molar-refractivity contribution in [2.24, 2.45) is 0 Å². The molecule has 2 heteroatoms. The molecule has 0 saturated heterocycles. The number of diazo groups is 1. The Morgan fingerprint density at radius 2 is 0.846 bits per heavy atom. The molecule has 122 valence electrons. The lowest BCUT2D eigenvalue weighted by Gasteiger charge is -2.09. The van der Waals surface area contributed by atoms with Crippen LogP contribution in [0.3, 0.4) is 0 Å². The Labute approximate surface area is 153 Å². The SMILES string of the molecule is N#[N+]c1c(-c2ccccc2)cc(-c2ccccc2)cc1-c1ccccc1. The molecule has 0 radical (unpaired) electrons. The quantitative estimate of drug-likeness (QED) is 0.365. The molecule has 0 N–H and O–H groups in total. The third-order valence-electron chi connectivity index (χ3n) is 4.49. The standard InChI is InChI=1S/C24H17N2/c25-26-24-22(19-12-6-2-7-13-19)16-21(18-10-4-1-5-11-18)17-23(24)20-14-8-3-9-15-20/h1-17H/q+1. The van der Waals surface area contributed by atoms with E-state index >= 15 is 0 Å². The molecular weight excluding hydrogens is 316 g/mol. The van der Waals surface area contributed by atoms with Gasteiger partial charge in [-0.2, -0.15) is 0 Å². The van der Waals surface area contributed by atoms with Gasteiger partial charge in [0.25, 0.3) is 0 Å². The minimum atomic E-state index is 0.585. The lowest BCUT2D eigenvalue weighted by molar-refractivity contribution is 1.45. The molecule has 2 nitrogen and oxygen atoms in total. The fourth-order valence-corrected chi connectivity index (χ4v) is 3.22. The Hall–Kier alpha value is -3.70. The highest BCUT2D eigenvalue weighted by Gasteiger charge is 2.24. The summed E-state index contributed by atoms with van der Waals surface area (Å²) in [5, 5.41) is 9.81. The van der Waals surface area contributed by atoms with Crippen LogP contribution in [0, 0.1) is 5.39 Å². The molecule has 0 heterocycles. The first-order valence-electron chi connectivity index (χ1n) is 8.56. The van der Waals surface area contributed by atoms with Crippen molar-refractivity contribution in [3.8, 4) is 33.4 Å². The van der Waals surface area contributed by atoms with Gasteiger partial charge in [0.05, 0.1) is 11.1 Å². The monoisotopic (exact) mass is 333 g/mol. The Kier molecular flexibility index (Phi) is 4.28. The molecule has 0 spiro atoms. The van der Waals surface area contributed by atoms with E-state index in [0.717, 1.165) is 33.4 Å². The average Bonchev–Trinajstić information content (AvgIpc) is 2.74. The summed E-state index contributed by atoms with van der Waals surface area (Å²) in [6.45, 7) is 0. The van der Waals surface area contributed by atoms with Gasteiger partial charge in [-0.25, -0.2) is 0 Å². The largest absolute Gasteiger partial charge is 0.400 e. The number of hydrogen-bond acceptors (Lipinski definition) is 1. The summed E-state index contributed by atoms with van der Waals surface area (Å²) in [5.74, 6) is 0. The highest BCUT2D eigenvalue weighted by Crippen LogP contribution is 2.42. The van der Waals surface area contributed by atoms with Crippen molar-refractivity contribution in [3.05, 3.63) is 108 Å². The molecule has 4 aromatic rings. The van der Waals surface area contributed by atoms with E-state index in [1.807, 2.05) is 78.9 Å². The molecule has 0 bridgehead atoms. The van der Waals surface area contributed by atoms with Gasteiger partial charge in [-0.1, -0.05) is 91.0 Å². The van der Waals surface area contributed by atoms with E-state index in [2.05, 4.69) is 29.2 Å². The highest BCUT2D eigenvalue weighted by molar-refractivity contribution is 5.94. The minimum absolute atomic E-state index is 0.585. The van der Waals surface area contributed by atoms with Crippen molar-refractivity contribution in [2.45, 2.75) is 0 Å². The van der Waals surface area contributed by atoms with Gasteiger partial charge in [-0.15, -0.1) is 0 Å². The van der Waals surface area contributed by atoms with Crippen molar-refractivity contribution < 1.29 is 0 Å². The predicted molar refractivity (Wildman–Crippen MR) is 107 cm³/mol. The molecule has 4 rings (SSSR count). The second-order valence-corrected chi connectivity index (χ2v) is 6.12. The van der Waals surface area contributed by atoms with E-state index in [1.54, 1.807) is 0 Å². The van der Waals surface area contributed by atoms with Gasteiger partial charge in [0.1, 0.15) is 0 Å². The molecule has 0 fully saturated rings. The Balaban J connectivity index is 2.03. The summed E-state index contributed by atoms with van der Waals surface area (Å²) in [5.41, 5.74) is 6.68. The van der Waals surface area contributed by atoms with E-state index in [-0.39, 0.29) is 0 Å². The second-order valence-electron chi connectivity index (χ2n) is 6.12. The normalized spacial score (nSPS) is 10.3. The second kappa shape index (κ2) is 7.04. The highest BCUT2D eigenvalue weighted by atomic mass is 14.9. The topological polar surface area (TPSA) is 28.1 Å². The van der Waals surface area contributed by atoms with Crippen LogP contribution in [-0.2, 0) is 0 Å². The van der Waals surface area contributed by atoms with Gasteiger partial charge < -0.3 is 0 Å². The van der Waals surface area contributed by atoms with Gasteiger partial charge >= 0.3 is 5.69 Å². The smallest absolute Gasteiger partial charge is 0.0622 e. The van der Waals surface area contributed by atoms with Gasteiger partial charge in [0.2, 0.25) is 5.39 Å². The molecule has 0 atom stereocenters. The van der Waals surface area contributed by atoms with Crippen LogP contribution in [0.4, 0.5) is 5.69 Å². The van der Waals surface area contributed by atoms with Crippen LogP contribution >= 0.6 is 0 Å². The third kappa shape index (κ3) is 2.99. The van der Waals surface area contributed by atoms with Crippen molar-refractivity contribution in [1.82, 2.24) is 0 Å². The maximum Gasteiger partial charge on any atom is 0.400 e. The first-order chi connectivity index (χ1) is 12.9. The fourth-order valence-electron chi connectivity index (χ4n) is 3.22. The summed E-state index contributed by atoms with van der Waals surface area (Å²) in [6.07, 6.45) is 0. The Bertz CT molecular complexity index is 1000. The predicted octanol–water partition coefficient (Wildman–Crippen LogP) is 7.17. The maximum atomic E-state index is 9.81. The molecule has 0 saturated carbocycles. The lowest BCUT2D eigenvalue weighted by Crippen LogP contribution is -1.87. The van der Waals surface area contributed by atoms with Crippen molar-refractivity contribution in [1.29, 1.82) is 5.39 Å². The van der Waals surface area contributed by atoms with Crippen LogP contribution in [0.1, 0.15) is 0 Å². The number of rotatable bonds is 3. The Morgan fingerprint density at radius 1 is 0.462 bits per heavy atom. The number of nitrogens with zero attached hydrogens (tertiary/aromatic N) is 2. The van der Waals surface area contributed by atoms with E-state index < -0.39 is 0 Å². The van der Waals surface area contributed by atoms with Crippen LogP contribution in [0.15, 0.2) is 103 Å². The third-order valence-corrected chi connectivity index (χ3v) is 4.49. The van der Waals surface area contributed by atoms with Crippen molar-refractivity contribution in [3.63, 3.8) is 0 Å². The zero-order valence-corrected chi connectivity index (χ0v) is 14.2. The molecule has 0 aromatic heterocycles. The molecule has 0 amide bonds. The number of hydrogen-bond donors (Lipinski definition) is 0. The summed E-state index contributed by atoms with van der Waals surface area (Å²) < 4.78 is 0. The van der Waals surface area contributed by atoms with Crippen molar-refractivity contribution in [2.75, 3.05) is 0 Å². The average molecular weight is 333 g/mol.